The molecule has 0 fully saturated rings. The second-order valence-corrected chi connectivity index (χ2v) is 2.61. The van der Waals surface area contributed by atoms with E-state index < -0.39 is 12.2 Å². The molecule has 0 radical (unpaired) electrons. The van der Waals surface area contributed by atoms with E-state index in [4.69, 9.17) is 0 Å². The van der Waals surface area contributed by atoms with Gasteiger partial charge in [-0.25, -0.2) is 19.2 Å². The summed E-state index contributed by atoms with van der Waals surface area (Å²) in [6.45, 7) is 0. The van der Waals surface area contributed by atoms with Crippen molar-refractivity contribution in [2.24, 2.45) is 9.98 Å². The Kier molecular flexibility index (Phi) is 4.68. The highest BCUT2D eigenvalue weighted by Crippen LogP contribution is 2.18. The van der Waals surface area contributed by atoms with Gasteiger partial charge in [0, 0.05) is 0 Å². The third-order valence-electron chi connectivity index (χ3n) is 1.51. The molecule has 0 bridgehead atoms. The molecule has 8 heteroatoms. The predicted molar refractivity (Wildman–Crippen MR) is 54.7 cm³/mol. The third-order valence-corrected chi connectivity index (χ3v) is 1.51. The van der Waals surface area contributed by atoms with E-state index in [0.717, 1.165) is 12.2 Å². The van der Waals surface area contributed by atoms with Crippen LogP contribution in [0.5, 0.6) is 11.5 Å². The van der Waals surface area contributed by atoms with Crippen LogP contribution < -0.4 is 9.47 Å². The molecular weight excluding hydrogens is 244 g/mol. The summed E-state index contributed by atoms with van der Waals surface area (Å²) in [7, 11) is 0. The number of nitrogens with zero attached hydrogens (tertiary/aromatic N) is 2. The minimum Gasteiger partial charge on any atom is -0.408 e. The van der Waals surface area contributed by atoms with Crippen LogP contribution in [-0.2, 0) is 9.59 Å². The quantitative estimate of drug-likeness (QED) is 0.576. The maximum atomic E-state index is 10.8. The maximum absolute atomic E-state index is 10.8. The molecule has 0 aliphatic rings. The first-order valence-corrected chi connectivity index (χ1v) is 4.35. The second kappa shape index (κ2) is 6.49. The monoisotopic (exact) mass is 248 g/mol. The topological polar surface area (TPSA) is 111 Å². The highest BCUT2D eigenvalue weighted by Gasteiger charge is 2.05. The summed E-state index contributed by atoms with van der Waals surface area (Å²) in [4.78, 5) is 46.4. The molecule has 0 aliphatic heterocycles. The molecule has 0 atom stereocenters. The first-order chi connectivity index (χ1) is 8.65. The van der Waals surface area contributed by atoms with Gasteiger partial charge < -0.3 is 9.47 Å². The van der Waals surface area contributed by atoms with Crippen molar-refractivity contribution in [3.63, 3.8) is 0 Å². The fraction of sp³-hybridized carbons (Fsp3) is 0. The van der Waals surface area contributed by atoms with Crippen molar-refractivity contribution in [1.82, 2.24) is 0 Å². The number of benzene rings is 1. The molecule has 0 N–H and O–H groups in total. The summed E-state index contributed by atoms with van der Waals surface area (Å²) < 4.78 is 9.14. The average molecular weight is 248 g/mol. The Bertz CT molecular complexity index is 501. The van der Waals surface area contributed by atoms with E-state index in [1.165, 1.54) is 24.3 Å². The number of hydrogen-bond donors (Lipinski definition) is 0. The molecule has 90 valence electrons. The minimum atomic E-state index is -1.12. The first kappa shape index (κ1) is 13.0. The van der Waals surface area contributed by atoms with Gasteiger partial charge in [0.2, 0.25) is 12.2 Å². The molecule has 0 aliphatic carbocycles. The lowest BCUT2D eigenvalue weighted by atomic mass is 10.3. The summed E-state index contributed by atoms with van der Waals surface area (Å²) in [6, 6.07) is 5.13. The molecule has 1 aromatic carbocycles. The van der Waals surface area contributed by atoms with E-state index in [2.05, 4.69) is 19.5 Å². The molecular formula is C10H4N2O6. The van der Waals surface area contributed by atoms with Crippen molar-refractivity contribution < 1.29 is 28.7 Å². The van der Waals surface area contributed by atoms with Crippen molar-refractivity contribution in [2.75, 3.05) is 0 Å². The Morgan fingerprint density at radius 1 is 0.833 bits per heavy atom. The van der Waals surface area contributed by atoms with Crippen LogP contribution in [0.25, 0.3) is 0 Å². The SMILES string of the molecule is O=C=NC(=O)Oc1ccc(OC(=O)N=C=O)cc1. The summed E-state index contributed by atoms with van der Waals surface area (Å²) in [6.07, 6.45) is -0.207. The Morgan fingerprint density at radius 3 is 1.44 bits per heavy atom. The van der Waals surface area contributed by atoms with Crippen LogP contribution >= 0.6 is 0 Å². The van der Waals surface area contributed by atoms with Crippen molar-refractivity contribution in [1.29, 1.82) is 0 Å². The van der Waals surface area contributed by atoms with Crippen LogP contribution in [0.4, 0.5) is 9.59 Å². The lowest BCUT2D eigenvalue weighted by molar-refractivity contribution is 0.209. The number of amides is 2. The fourth-order valence-electron chi connectivity index (χ4n) is 0.898. The second-order valence-electron chi connectivity index (χ2n) is 2.61. The van der Waals surface area contributed by atoms with Gasteiger partial charge in [0.1, 0.15) is 11.5 Å². The third kappa shape index (κ3) is 4.19. The Labute approximate surface area is 99.6 Å². The maximum Gasteiger partial charge on any atom is 0.450 e. The van der Waals surface area contributed by atoms with Gasteiger partial charge in [-0.05, 0) is 24.3 Å². The van der Waals surface area contributed by atoms with Crippen LogP contribution in [0.3, 0.4) is 0 Å². The van der Waals surface area contributed by atoms with Crippen LogP contribution in [0, 0.1) is 0 Å². The Hall–Kier alpha value is -3.08. The van der Waals surface area contributed by atoms with E-state index in [1.807, 2.05) is 0 Å². The van der Waals surface area contributed by atoms with E-state index in [-0.39, 0.29) is 11.5 Å². The molecule has 0 spiro atoms. The largest absolute Gasteiger partial charge is 0.450 e. The summed E-state index contributed by atoms with van der Waals surface area (Å²) in [5, 5.41) is 0. The van der Waals surface area contributed by atoms with Crippen LogP contribution in [0.2, 0.25) is 0 Å². The highest BCUT2D eigenvalue weighted by molar-refractivity contribution is 5.77. The van der Waals surface area contributed by atoms with Crippen LogP contribution in [-0.4, -0.2) is 24.3 Å². The lowest BCUT2D eigenvalue weighted by Gasteiger charge is -2.01. The number of hydrogen-bond acceptors (Lipinski definition) is 6. The molecule has 0 saturated heterocycles. The number of aliphatic imine (C=N–C) groups is 2. The number of rotatable bonds is 2. The molecule has 8 nitrogen and oxygen atoms in total. The van der Waals surface area contributed by atoms with Crippen LogP contribution in [0.1, 0.15) is 0 Å². The van der Waals surface area contributed by atoms with Gasteiger partial charge in [0.25, 0.3) is 0 Å². The van der Waals surface area contributed by atoms with Crippen molar-refractivity contribution in [2.45, 2.75) is 0 Å². The molecule has 0 unspecified atom stereocenters. The molecule has 0 saturated carbocycles. The molecule has 1 aromatic rings. The zero-order valence-electron chi connectivity index (χ0n) is 8.65. The Balaban J connectivity index is 2.68. The van der Waals surface area contributed by atoms with Gasteiger partial charge >= 0.3 is 12.2 Å². The van der Waals surface area contributed by atoms with E-state index in [9.17, 15) is 19.2 Å². The molecule has 0 aromatic heterocycles. The van der Waals surface area contributed by atoms with Gasteiger partial charge in [0.05, 0.1) is 0 Å². The fourth-order valence-corrected chi connectivity index (χ4v) is 0.898. The summed E-state index contributed by atoms with van der Waals surface area (Å²) in [5.74, 6) is 0.162. The first-order valence-electron chi connectivity index (χ1n) is 4.35. The van der Waals surface area contributed by atoms with Gasteiger partial charge in [-0.15, -0.1) is 0 Å². The normalized spacial score (nSPS) is 8.44. The summed E-state index contributed by atoms with van der Waals surface area (Å²) >= 11 is 0. The van der Waals surface area contributed by atoms with Crippen molar-refractivity contribution in [3.8, 4) is 11.5 Å². The molecule has 1 rings (SSSR count). The van der Waals surface area contributed by atoms with Gasteiger partial charge in [-0.2, -0.15) is 0 Å². The Morgan fingerprint density at radius 2 is 1.17 bits per heavy atom. The molecule has 2 amide bonds. The molecule has 18 heavy (non-hydrogen) atoms. The highest BCUT2D eigenvalue weighted by atomic mass is 16.6. The van der Waals surface area contributed by atoms with Crippen molar-refractivity contribution in [3.05, 3.63) is 24.3 Å². The minimum absolute atomic E-state index is 0.0812. The summed E-state index contributed by atoms with van der Waals surface area (Å²) in [5.41, 5.74) is 0. The number of isocyanates is 2. The number of carbonyl (C=O) groups excluding carboxylic acids is 4. The number of carbonyl (C=O) groups is 2. The standard InChI is InChI=1S/C10H4N2O6/c13-5-11-9(15)17-7-1-2-8(4-3-7)18-10(16)12-6-14/h1-4H. The van der Waals surface area contributed by atoms with E-state index >= 15 is 0 Å². The van der Waals surface area contributed by atoms with Crippen LogP contribution in [0.15, 0.2) is 34.3 Å². The molecule has 0 heterocycles. The van der Waals surface area contributed by atoms with E-state index in [0.29, 0.717) is 0 Å². The van der Waals surface area contributed by atoms with Gasteiger partial charge in [-0.3, -0.25) is 0 Å². The van der Waals surface area contributed by atoms with Gasteiger partial charge in [-0.1, -0.05) is 9.98 Å². The smallest absolute Gasteiger partial charge is 0.408 e. The average Bonchev–Trinajstić information content (AvgIpc) is 2.32. The van der Waals surface area contributed by atoms with E-state index in [1.54, 1.807) is 0 Å². The number of ether oxygens (including phenoxy) is 2. The zero-order valence-corrected chi connectivity index (χ0v) is 8.65. The lowest BCUT2D eigenvalue weighted by Crippen LogP contribution is -2.03. The van der Waals surface area contributed by atoms with Gasteiger partial charge in [0.15, 0.2) is 0 Å². The van der Waals surface area contributed by atoms with Crippen molar-refractivity contribution >= 4 is 24.3 Å². The zero-order chi connectivity index (χ0) is 13.4. The predicted octanol–water partition coefficient (Wildman–Crippen LogP) is 1.36.